The third-order valence-electron chi connectivity index (χ3n) is 6.00. The summed E-state index contributed by atoms with van der Waals surface area (Å²) in [5, 5.41) is 16.0. The zero-order valence-electron chi connectivity index (χ0n) is 19.0. The standard InChI is InChI=1S/C24H29FN8O/c25-20-3-1-2-4-22(20)34-21-6-5-16(11-17(21)12-26)23-30-15-31-24(33-23)32-19(13-27)14-29-18-7-9-28-10-8-18/h5-6,11,13-15,18,20,22,28H,1-4,7-10,27H2,(H,30,31,32,33). The number of ether oxygens (including phenoxy) is 1. The second kappa shape index (κ2) is 11.5. The molecular formula is C24H29FN8O. The molecule has 34 heavy (non-hydrogen) atoms. The number of nitriles is 1. The van der Waals surface area contributed by atoms with E-state index in [4.69, 9.17) is 10.5 Å². The summed E-state index contributed by atoms with van der Waals surface area (Å²) in [5.74, 6) is 1.06. The average molecular weight is 465 g/mol. The first-order chi connectivity index (χ1) is 16.7. The van der Waals surface area contributed by atoms with Gasteiger partial charge in [0.25, 0.3) is 0 Å². The molecule has 10 heteroatoms. The molecule has 0 amide bonds. The molecule has 2 heterocycles. The number of piperidine rings is 1. The van der Waals surface area contributed by atoms with Crippen molar-refractivity contribution in [1.82, 2.24) is 20.3 Å². The number of rotatable bonds is 7. The Labute approximate surface area is 198 Å². The van der Waals surface area contributed by atoms with Gasteiger partial charge in [-0.3, -0.25) is 4.99 Å². The van der Waals surface area contributed by atoms with Crippen LogP contribution < -0.4 is 21.1 Å². The van der Waals surface area contributed by atoms with E-state index in [0.29, 0.717) is 47.2 Å². The van der Waals surface area contributed by atoms with Gasteiger partial charge in [-0.1, -0.05) is 6.42 Å². The lowest BCUT2D eigenvalue weighted by atomic mass is 9.96. The smallest absolute Gasteiger partial charge is 0.230 e. The minimum Gasteiger partial charge on any atom is -0.486 e. The Balaban J connectivity index is 1.47. The first-order valence-corrected chi connectivity index (χ1v) is 11.6. The molecule has 1 aliphatic carbocycles. The number of allylic oxidation sites excluding steroid dienone is 1. The van der Waals surface area contributed by atoms with Crippen molar-refractivity contribution < 1.29 is 9.13 Å². The van der Waals surface area contributed by atoms with Gasteiger partial charge in [0.05, 0.1) is 17.3 Å². The summed E-state index contributed by atoms with van der Waals surface area (Å²) in [4.78, 5) is 17.4. The van der Waals surface area contributed by atoms with Crippen LogP contribution in [0.25, 0.3) is 11.4 Å². The summed E-state index contributed by atoms with van der Waals surface area (Å²) in [6.45, 7) is 1.91. The fourth-order valence-corrected chi connectivity index (χ4v) is 4.09. The molecule has 2 aliphatic rings. The van der Waals surface area contributed by atoms with Crippen molar-refractivity contribution in [2.45, 2.75) is 56.8 Å². The van der Waals surface area contributed by atoms with Gasteiger partial charge in [0.1, 0.15) is 30.4 Å². The van der Waals surface area contributed by atoms with E-state index in [0.717, 1.165) is 38.8 Å². The lowest BCUT2D eigenvalue weighted by Gasteiger charge is -2.27. The first-order valence-electron chi connectivity index (χ1n) is 11.6. The van der Waals surface area contributed by atoms with Gasteiger partial charge >= 0.3 is 0 Å². The van der Waals surface area contributed by atoms with Crippen LogP contribution in [0.4, 0.5) is 10.3 Å². The van der Waals surface area contributed by atoms with E-state index in [1.165, 1.54) is 12.5 Å². The van der Waals surface area contributed by atoms with Crippen molar-refractivity contribution in [2.75, 3.05) is 18.4 Å². The average Bonchev–Trinajstić information content (AvgIpc) is 2.89. The van der Waals surface area contributed by atoms with Crippen molar-refractivity contribution in [3.8, 4) is 23.2 Å². The number of nitrogens with two attached hydrogens (primary N) is 1. The molecule has 4 N–H and O–H groups in total. The van der Waals surface area contributed by atoms with Gasteiger partial charge in [0, 0.05) is 18.0 Å². The predicted molar refractivity (Wildman–Crippen MR) is 128 cm³/mol. The molecule has 178 valence electrons. The molecule has 4 rings (SSSR count). The first kappa shape index (κ1) is 23.6. The number of hydrogen-bond acceptors (Lipinski definition) is 9. The highest BCUT2D eigenvalue weighted by atomic mass is 19.1. The maximum atomic E-state index is 14.2. The highest BCUT2D eigenvalue weighted by Gasteiger charge is 2.27. The number of alkyl halides is 1. The van der Waals surface area contributed by atoms with Crippen LogP contribution in [-0.4, -0.2) is 52.6 Å². The van der Waals surface area contributed by atoms with Crippen molar-refractivity contribution in [3.05, 3.63) is 42.0 Å². The quantitative estimate of drug-likeness (QED) is 0.532. The Kier molecular flexibility index (Phi) is 7.99. The Morgan fingerprint density at radius 3 is 2.82 bits per heavy atom. The number of nitrogens with zero attached hydrogens (tertiary/aromatic N) is 5. The van der Waals surface area contributed by atoms with Gasteiger partial charge in [-0.2, -0.15) is 10.2 Å². The summed E-state index contributed by atoms with van der Waals surface area (Å²) in [5.41, 5.74) is 7.25. The number of anilines is 1. The van der Waals surface area contributed by atoms with E-state index < -0.39 is 12.3 Å². The highest BCUT2D eigenvalue weighted by Crippen LogP contribution is 2.30. The number of halogens is 1. The largest absolute Gasteiger partial charge is 0.486 e. The van der Waals surface area contributed by atoms with Crippen molar-refractivity contribution in [1.29, 1.82) is 5.26 Å². The number of aliphatic imine (C=N–C) groups is 1. The van der Waals surface area contributed by atoms with Crippen LogP contribution in [0, 0.1) is 11.3 Å². The van der Waals surface area contributed by atoms with Crippen molar-refractivity contribution in [3.63, 3.8) is 0 Å². The number of hydrogen-bond donors (Lipinski definition) is 3. The van der Waals surface area contributed by atoms with Crippen LogP contribution >= 0.6 is 0 Å². The molecule has 1 aromatic carbocycles. The number of benzene rings is 1. The van der Waals surface area contributed by atoms with Crippen LogP contribution in [0.1, 0.15) is 44.1 Å². The zero-order chi connectivity index (χ0) is 23.8. The molecule has 0 spiro atoms. The molecule has 1 saturated carbocycles. The Morgan fingerprint density at radius 1 is 1.24 bits per heavy atom. The molecule has 0 radical (unpaired) electrons. The zero-order valence-corrected chi connectivity index (χ0v) is 19.0. The highest BCUT2D eigenvalue weighted by molar-refractivity contribution is 5.82. The SMILES string of the molecule is N#Cc1cc(-c2ncnc(NC(C=NC3CCNCC3)=CN)n2)ccc1OC1CCCCC1F. The molecule has 1 aromatic heterocycles. The maximum absolute atomic E-state index is 14.2. The molecule has 2 unspecified atom stereocenters. The summed E-state index contributed by atoms with van der Waals surface area (Å²) in [6.07, 6.45) is 7.86. The Morgan fingerprint density at radius 2 is 2.06 bits per heavy atom. The molecule has 2 aromatic rings. The van der Waals surface area contributed by atoms with Crippen LogP contribution in [0.3, 0.4) is 0 Å². The van der Waals surface area contributed by atoms with Gasteiger partial charge in [-0.15, -0.1) is 0 Å². The molecule has 2 fully saturated rings. The Hall–Kier alpha value is -3.58. The van der Waals surface area contributed by atoms with Crippen LogP contribution in [0.5, 0.6) is 5.75 Å². The Bertz CT molecular complexity index is 1080. The lowest BCUT2D eigenvalue weighted by molar-refractivity contribution is 0.0636. The summed E-state index contributed by atoms with van der Waals surface area (Å²) >= 11 is 0. The van der Waals surface area contributed by atoms with Crippen LogP contribution in [0.2, 0.25) is 0 Å². The third-order valence-corrected chi connectivity index (χ3v) is 6.00. The molecule has 1 saturated heterocycles. The summed E-state index contributed by atoms with van der Waals surface area (Å²) in [7, 11) is 0. The van der Waals surface area contributed by atoms with E-state index in [1.807, 2.05) is 0 Å². The van der Waals surface area contributed by atoms with Gasteiger partial charge in [0.15, 0.2) is 5.82 Å². The van der Waals surface area contributed by atoms with Gasteiger partial charge < -0.3 is 21.1 Å². The van der Waals surface area contributed by atoms with Crippen LogP contribution in [0.15, 0.2) is 41.4 Å². The fourth-order valence-electron chi connectivity index (χ4n) is 4.09. The van der Waals surface area contributed by atoms with Gasteiger partial charge in [0.2, 0.25) is 5.95 Å². The second-order valence-electron chi connectivity index (χ2n) is 8.42. The molecule has 9 nitrogen and oxygen atoms in total. The lowest BCUT2D eigenvalue weighted by Crippen LogP contribution is -2.31. The normalized spacial score (nSPS) is 21.8. The number of nitrogens with one attached hydrogen (secondary N) is 2. The monoisotopic (exact) mass is 464 g/mol. The van der Waals surface area contributed by atoms with Gasteiger partial charge in [-0.25, -0.2) is 14.4 Å². The molecule has 1 aliphatic heterocycles. The van der Waals surface area contributed by atoms with E-state index in [9.17, 15) is 9.65 Å². The van der Waals surface area contributed by atoms with E-state index in [-0.39, 0.29) is 6.04 Å². The maximum Gasteiger partial charge on any atom is 0.230 e. The van der Waals surface area contributed by atoms with E-state index in [1.54, 1.807) is 24.4 Å². The van der Waals surface area contributed by atoms with E-state index in [2.05, 4.69) is 36.6 Å². The minimum atomic E-state index is -1.01. The van der Waals surface area contributed by atoms with Crippen molar-refractivity contribution >= 4 is 12.2 Å². The third kappa shape index (κ3) is 6.05. The molecule has 0 bridgehead atoms. The van der Waals surface area contributed by atoms with Crippen LogP contribution in [-0.2, 0) is 0 Å². The summed E-state index contributed by atoms with van der Waals surface area (Å²) in [6, 6.07) is 7.46. The predicted octanol–water partition coefficient (Wildman–Crippen LogP) is 3.10. The van der Waals surface area contributed by atoms with Gasteiger partial charge in [-0.05, 0) is 63.4 Å². The summed E-state index contributed by atoms with van der Waals surface area (Å²) < 4.78 is 20.0. The molecular weight excluding hydrogens is 435 g/mol. The number of aromatic nitrogens is 3. The van der Waals surface area contributed by atoms with E-state index >= 15 is 0 Å². The molecule has 2 atom stereocenters. The van der Waals surface area contributed by atoms with Crippen molar-refractivity contribution in [2.24, 2.45) is 10.7 Å². The minimum absolute atomic E-state index is 0.262. The fraction of sp³-hybridized carbons (Fsp3) is 0.458. The second-order valence-corrected chi connectivity index (χ2v) is 8.42. The topological polar surface area (TPSA) is 134 Å².